The molecule has 0 spiro atoms. The maximum absolute atomic E-state index is 12.1. The Labute approximate surface area is 164 Å². The van der Waals surface area contributed by atoms with Gasteiger partial charge in [0.1, 0.15) is 6.61 Å². The Morgan fingerprint density at radius 2 is 2.11 bits per heavy atom. The highest BCUT2D eigenvalue weighted by molar-refractivity contribution is 5.96. The zero-order chi connectivity index (χ0) is 19.5. The molecule has 146 valence electrons. The largest absolute Gasteiger partial charge is 0.457 e. The van der Waals surface area contributed by atoms with Gasteiger partial charge in [-0.3, -0.25) is 0 Å². The normalized spacial score (nSPS) is 18.6. The number of rotatable bonds is 5. The van der Waals surface area contributed by atoms with Gasteiger partial charge in [0.05, 0.1) is 5.56 Å². The third-order valence-electron chi connectivity index (χ3n) is 5.56. The number of likely N-dealkylation sites (tertiary alicyclic amines) is 1. The van der Waals surface area contributed by atoms with Gasteiger partial charge in [0.2, 0.25) is 0 Å². The maximum atomic E-state index is 12.1. The van der Waals surface area contributed by atoms with Crippen molar-refractivity contribution in [1.82, 2.24) is 10.2 Å². The minimum absolute atomic E-state index is 0.263. The summed E-state index contributed by atoms with van der Waals surface area (Å²) in [6, 6.07) is 13.6. The van der Waals surface area contributed by atoms with Crippen molar-refractivity contribution in [3.63, 3.8) is 0 Å². The van der Waals surface area contributed by atoms with Gasteiger partial charge in [-0.1, -0.05) is 30.3 Å². The Balaban J connectivity index is 1.23. The number of nitrogens with zero attached hydrogens (tertiary/aromatic N) is 1. The van der Waals surface area contributed by atoms with Gasteiger partial charge in [0.25, 0.3) is 0 Å². The molecule has 2 N–H and O–H groups in total. The summed E-state index contributed by atoms with van der Waals surface area (Å²) in [4.78, 5) is 26.1. The highest BCUT2D eigenvalue weighted by Crippen LogP contribution is 2.29. The van der Waals surface area contributed by atoms with Crippen LogP contribution in [0.3, 0.4) is 0 Å². The molecule has 0 aromatic heterocycles. The fourth-order valence-corrected chi connectivity index (χ4v) is 4.03. The molecule has 4 rings (SSSR count). The van der Waals surface area contributed by atoms with E-state index in [9.17, 15) is 9.59 Å². The monoisotopic (exact) mass is 379 g/mol. The van der Waals surface area contributed by atoms with Crippen LogP contribution in [0.15, 0.2) is 42.5 Å². The summed E-state index contributed by atoms with van der Waals surface area (Å²) >= 11 is 0. The first-order valence-corrected chi connectivity index (χ1v) is 9.73. The lowest BCUT2D eigenvalue weighted by Crippen LogP contribution is -2.36. The summed E-state index contributed by atoms with van der Waals surface area (Å²) in [7, 11) is 0. The van der Waals surface area contributed by atoms with E-state index in [0.29, 0.717) is 30.3 Å². The van der Waals surface area contributed by atoms with E-state index in [0.717, 1.165) is 31.6 Å². The Hall–Kier alpha value is -2.86. The lowest BCUT2D eigenvalue weighted by atomic mass is 9.94. The number of benzene rings is 2. The molecule has 0 radical (unpaired) electrons. The number of ether oxygens (including phenoxy) is 1. The molecule has 1 unspecified atom stereocenters. The summed E-state index contributed by atoms with van der Waals surface area (Å²) in [5.41, 5.74) is 4.76. The number of hydrogen-bond donors (Lipinski definition) is 2. The second kappa shape index (κ2) is 8.02. The topological polar surface area (TPSA) is 70.7 Å². The first-order chi connectivity index (χ1) is 13.6. The number of hydrogen-bond acceptors (Lipinski definition) is 4. The average molecular weight is 379 g/mol. The summed E-state index contributed by atoms with van der Waals surface area (Å²) < 4.78 is 4.98. The van der Waals surface area contributed by atoms with E-state index in [4.69, 9.17) is 4.74 Å². The predicted molar refractivity (Wildman–Crippen MR) is 108 cm³/mol. The van der Waals surface area contributed by atoms with Gasteiger partial charge in [-0.15, -0.1) is 0 Å². The molecule has 2 aliphatic heterocycles. The predicted octanol–water partition coefficient (Wildman–Crippen LogP) is 3.28. The molecule has 0 bridgehead atoms. The van der Waals surface area contributed by atoms with Crippen molar-refractivity contribution in [3.8, 4) is 0 Å². The SMILES string of the molecule is Cc1ccccc1C1CCN(CCNC(=O)Nc2ccc3c(c2)C(=O)OC3)C1. The highest BCUT2D eigenvalue weighted by atomic mass is 16.5. The summed E-state index contributed by atoms with van der Waals surface area (Å²) in [6.45, 7) is 5.96. The lowest BCUT2D eigenvalue weighted by molar-refractivity contribution is 0.0535. The molecule has 28 heavy (non-hydrogen) atoms. The smallest absolute Gasteiger partial charge is 0.338 e. The van der Waals surface area contributed by atoms with E-state index in [2.05, 4.69) is 46.7 Å². The first-order valence-electron chi connectivity index (χ1n) is 9.73. The molecule has 1 atom stereocenters. The number of anilines is 1. The number of nitrogens with one attached hydrogen (secondary N) is 2. The average Bonchev–Trinajstić information content (AvgIpc) is 3.29. The van der Waals surface area contributed by atoms with Crippen molar-refractivity contribution in [2.75, 3.05) is 31.5 Å². The molecule has 6 nitrogen and oxygen atoms in total. The Bertz CT molecular complexity index is 896. The minimum atomic E-state index is -0.337. The summed E-state index contributed by atoms with van der Waals surface area (Å²) in [5.74, 6) is 0.234. The Kier molecular flexibility index (Phi) is 5.30. The number of cyclic esters (lactones) is 1. The van der Waals surface area contributed by atoms with Gasteiger partial charge in [0, 0.05) is 30.9 Å². The molecule has 2 amide bonds. The maximum Gasteiger partial charge on any atom is 0.338 e. The molecule has 2 aliphatic rings. The third kappa shape index (κ3) is 4.02. The molecule has 2 aromatic carbocycles. The van der Waals surface area contributed by atoms with Crippen LogP contribution in [0, 0.1) is 6.92 Å². The van der Waals surface area contributed by atoms with Crippen LogP contribution in [0.5, 0.6) is 0 Å². The van der Waals surface area contributed by atoms with E-state index < -0.39 is 0 Å². The summed E-state index contributed by atoms with van der Waals surface area (Å²) in [5, 5.41) is 5.68. The Morgan fingerprint density at radius 1 is 1.25 bits per heavy atom. The third-order valence-corrected chi connectivity index (χ3v) is 5.56. The van der Waals surface area contributed by atoms with Crippen LogP contribution in [0.1, 0.15) is 39.4 Å². The number of amides is 2. The lowest BCUT2D eigenvalue weighted by Gasteiger charge is -2.17. The van der Waals surface area contributed by atoms with Crippen LogP contribution in [0.25, 0.3) is 0 Å². The van der Waals surface area contributed by atoms with Crippen LogP contribution in [-0.4, -0.2) is 43.1 Å². The van der Waals surface area contributed by atoms with Crippen LogP contribution >= 0.6 is 0 Å². The van der Waals surface area contributed by atoms with Gasteiger partial charge in [-0.25, -0.2) is 9.59 Å². The van der Waals surface area contributed by atoms with Crippen molar-refractivity contribution in [2.45, 2.75) is 25.9 Å². The second-order valence-corrected chi connectivity index (χ2v) is 7.47. The van der Waals surface area contributed by atoms with Gasteiger partial charge in [-0.05, 0) is 49.1 Å². The first kappa shape index (κ1) is 18.5. The van der Waals surface area contributed by atoms with E-state index in [1.165, 1.54) is 11.1 Å². The molecular formula is C22H25N3O3. The zero-order valence-corrected chi connectivity index (χ0v) is 16.0. The molecule has 6 heteroatoms. The number of urea groups is 1. The van der Waals surface area contributed by atoms with E-state index >= 15 is 0 Å². The fraction of sp³-hybridized carbons (Fsp3) is 0.364. The van der Waals surface area contributed by atoms with Gasteiger partial charge < -0.3 is 20.3 Å². The molecule has 1 fully saturated rings. The van der Waals surface area contributed by atoms with E-state index in [-0.39, 0.29) is 12.0 Å². The fourth-order valence-electron chi connectivity index (χ4n) is 4.03. The Morgan fingerprint density at radius 3 is 2.96 bits per heavy atom. The molecular weight excluding hydrogens is 354 g/mol. The number of fused-ring (bicyclic) bond motifs is 1. The van der Waals surface area contributed by atoms with Gasteiger partial charge >= 0.3 is 12.0 Å². The number of carbonyl (C=O) groups is 2. The van der Waals surface area contributed by atoms with Crippen LogP contribution < -0.4 is 10.6 Å². The minimum Gasteiger partial charge on any atom is -0.457 e. The molecule has 1 saturated heterocycles. The number of aryl methyl sites for hydroxylation is 1. The van der Waals surface area contributed by atoms with Crippen LogP contribution in [0.4, 0.5) is 10.5 Å². The van der Waals surface area contributed by atoms with Gasteiger partial charge in [0.15, 0.2) is 0 Å². The number of esters is 1. The van der Waals surface area contributed by atoms with Gasteiger partial charge in [-0.2, -0.15) is 0 Å². The number of carbonyl (C=O) groups excluding carboxylic acids is 2. The van der Waals surface area contributed by atoms with Crippen molar-refractivity contribution in [3.05, 3.63) is 64.7 Å². The van der Waals surface area contributed by atoms with Crippen LogP contribution in [-0.2, 0) is 11.3 Å². The molecule has 0 aliphatic carbocycles. The quantitative estimate of drug-likeness (QED) is 0.782. The van der Waals surface area contributed by atoms with Crippen LogP contribution in [0.2, 0.25) is 0 Å². The van der Waals surface area contributed by atoms with E-state index in [1.54, 1.807) is 12.1 Å². The standard InChI is InChI=1S/C22H25N3O3/c1-15-4-2-3-5-19(15)16-8-10-25(13-16)11-9-23-22(27)24-18-7-6-17-14-28-21(26)20(17)12-18/h2-7,12,16H,8-11,13-14H2,1H3,(H2,23,24,27). The summed E-state index contributed by atoms with van der Waals surface area (Å²) in [6.07, 6.45) is 1.16. The second-order valence-electron chi connectivity index (χ2n) is 7.47. The molecule has 2 heterocycles. The highest BCUT2D eigenvalue weighted by Gasteiger charge is 2.24. The molecule has 2 aromatic rings. The van der Waals surface area contributed by atoms with Crippen molar-refractivity contribution in [1.29, 1.82) is 0 Å². The zero-order valence-electron chi connectivity index (χ0n) is 16.0. The van der Waals surface area contributed by atoms with E-state index in [1.807, 2.05) is 6.07 Å². The molecule has 0 saturated carbocycles. The van der Waals surface area contributed by atoms with Crippen molar-refractivity contribution >= 4 is 17.7 Å². The van der Waals surface area contributed by atoms with Crippen molar-refractivity contribution < 1.29 is 14.3 Å². The van der Waals surface area contributed by atoms with Crippen molar-refractivity contribution in [2.24, 2.45) is 0 Å².